The maximum absolute atomic E-state index is 5.72. The summed E-state index contributed by atoms with van der Waals surface area (Å²) in [5.74, 6) is 1.58. The van der Waals surface area contributed by atoms with Crippen molar-refractivity contribution in [1.82, 2.24) is 4.90 Å². The molecule has 2 N–H and O–H groups in total. The van der Waals surface area contributed by atoms with Gasteiger partial charge in [0, 0.05) is 25.2 Å². The van der Waals surface area contributed by atoms with Gasteiger partial charge in [-0.2, -0.15) is 0 Å². The van der Waals surface area contributed by atoms with Crippen LogP contribution in [0, 0.1) is 5.92 Å². The van der Waals surface area contributed by atoms with Gasteiger partial charge in [-0.25, -0.2) is 0 Å². The Bertz CT molecular complexity index is 340. The van der Waals surface area contributed by atoms with Gasteiger partial charge in [-0.05, 0) is 18.5 Å². The highest BCUT2D eigenvalue weighted by molar-refractivity contribution is 5.33. The van der Waals surface area contributed by atoms with Crippen molar-refractivity contribution in [3.63, 3.8) is 0 Å². The van der Waals surface area contributed by atoms with Gasteiger partial charge in [-0.15, -0.1) is 0 Å². The summed E-state index contributed by atoms with van der Waals surface area (Å²) in [6, 6.07) is 8.28. The second kappa shape index (κ2) is 5.32. The summed E-state index contributed by atoms with van der Waals surface area (Å²) in [5, 5.41) is 0. The number of para-hydroxylation sites is 1. The van der Waals surface area contributed by atoms with Crippen molar-refractivity contribution in [2.45, 2.75) is 13.5 Å². The van der Waals surface area contributed by atoms with Crippen LogP contribution in [0.3, 0.4) is 0 Å². The Balaban J connectivity index is 2.05. The van der Waals surface area contributed by atoms with Crippen molar-refractivity contribution in [1.29, 1.82) is 0 Å². The number of nitrogens with two attached hydrogens (primary N) is 1. The summed E-state index contributed by atoms with van der Waals surface area (Å²) in [6.45, 7) is 6.72. The minimum absolute atomic E-state index is 0.547. The topological polar surface area (TPSA) is 38.5 Å². The molecule has 1 aromatic rings. The first-order chi connectivity index (χ1) is 7.79. The molecule has 88 valence electrons. The number of hydrogen-bond acceptors (Lipinski definition) is 3. The monoisotopic (exact) mass is 220 g/mol. The first-order valence-electron chi connectivity index (χ1n) is 5.92. The lowest BCUT2D eigenvalue weighted by atomic mass is 10.1. The van der Waals surface area contributed by atoms with Crippen LogP contribution in [0.1, 0.15) is 12.5 Å². The minimum Gasteiger partial charge on any atom is -0.492 e. The minimum atomic E-state index is 0.547. The highest BCUT2D eigenvalue weighted by Gasteiger charge is 2.15. The number of hydrogen-bond donors (Lipinski definition) is 1. The van der Waals surface area contributed by atoms with Gasteiger partial charge in [-0.1, -0.05) is 25.1 Å². The number of fused-ring (bicyclic) bond motifs is 1. The Morgan fingerprint density at radius 2 is 2.25 bits per heavy atom. The summed E-state index contributed by atoms with van der Waals surface area (Å²) in [7, 11) is 0. The van der Waals surface area contributed by atoms with E-state index in [1.165, 1.54) is 5.56 Å². The number of nitrogens with zero attached hydrogens (tertiary/aromatic N) is 1. The van der Waals surface area contributed by atoms with Crippen molar-refractivity contribution in [3.05, 3.63) is 29.8 Å². The summed E-state index contributed by atoms with van der Waals surface area (Å²) in [4.78, 5) is 2.42. The van der Waals surface area contributed by atoms with Crippen LogP contribution in [0.5, 0.6) is 5.75 Å². The molecule has 0 saturated heterocycles. The van der Waals surface area contributed by atoms with E-state index in [4.69, 9.17) is 10.5 Å². The first kappa shape index (κ1) is 11.4. The van der Waals surface area contributed by atoms with Crippen molar-refractivity contribution >= 4 is 0 Å². The number of ether oxygens (including phenoxy) is 1. The predicted molar refractivity (Wildman–Crippen MR) is 65.4 cm³/mol. The molecule has 0 fully saturated rings. The Labute approximate surface area is 97.2 Å². The van der Waals surface area contributed by atoms with Crippen molar-refractivity contribution in [2.24, 2.45) is 11.7 Å². The van der Waals surface area contributed by atoms with Gasteiger partial charge in [-0.3, -0.25) is 4.90 Å². The summed E-state index contributed by atoms with van der Waals surface area (Å²) in [6.07, 6.45) is 0. The Morgan fingerprint density at radius 1 is 1.44 bits per heavy atom. The van der Waals surface area contributed by atoms with E-state index in [-0.39, 0.29) is 0 Å². The highest BCUT2D eigenvalue weighted by atomic mass is 16.5. The average molecular weight is 220 g/mol. The molecular formula is C13H20N2O. The molecular weight excluding hydrogens is 200 g/mol. The maximum Gasteiger partial charge on any atom is 0.123 e. The zero-order valence-corrected chi connectivity index (χ0v) is 9.86. The fourth-order valence-electron chi connectivity index (χ4n) is 2.05. The third-order valence-electron chi connectivity index (χ3n) is 3.00. The van der Waals surface area contributed by atoms with Gasteiger partial charge < -0.3 is 10.5 Å². The van der Waals surface area contributed by atoms with Crippen molar-refractivity contribution in [2.75, 3.05) is 26.2 Å². The third kappa shape index (κ3) is 2.74. The number of rotatable bonds is 3. The molecule has 3 heteroatoms. The molecule has 0 spiro atoms. The predicted octanol–water partition coefficient (Wildman–Crippen LogP) is 1.48. The van der Waals surface area contributed by atoms with E-state index in [0.717, 1.165) is 38.5 Å². The molecule has 1 heterocycles. The molecule has 0 bridgehead atoms. The molecule has 1 aromatic carbocycles. The van der Waals surface area contributed by atoms with E-state index < -0.39 is 0 Å². The van der Waals surface area contributed by atoms with Gasteiger partial charge in [0.25, 0.3) is 0 Å². The average Bonchev–Trinajstić information content (AvgIpc) is 2.50. The standard InChI is InChI=1S/C13H20N2O/c1-11(8-14)9-15-6-7-16-13-5-3-2-4-12(13)10-15/h2-5,11H,6-10,14H2,1H3. The molecule has 0 aromatic heterocycles. The molecule has 1 atom stereocenters. The van der Waals surface area contributed by atoms with Gasteiger partial charge in [0.15, 0.2) is 0 Å². The lowest BCUT2D eigenvalue weighted by Gasteiger charge is -2.22. The van der Waals surface area contributed by atoms with E-state index in [0.29, 0.717) is 5.92 Å². The summed E-state index contributed by atoms with van der Waals surface area (Å²) in [5.41, 5.74) is 6.95. The molecule has 0 saturated carbocycles. The van der Waals surface area contributed by atoms with Crippen molar-refractivity contribution < 1.29 is 4.74 Å². The quantitative estimate of drug-likeness (QED) is 0.838. The van der Waals surface area contributed by atoms with Gasteiger partial charge in [0.05, 0.1) is 0 Å². The second-order valence-corrected chi connectivity index (χ2v) is 4.53. The Morgan fingerprint density at radius 3 is 3.06 bits per heavy atom. The zero-order valence-electron chi connectivity index (χ0n) is 9.86. The van der Waals surface area contributed by atoms with Crippen LogP contribution in [0.25, 0.3) is 0 Å². The molecule has 0 radical (unpaired) electrons. The highest BCUT2D eigenvalue weighted by Crippen LogP contribution is 2.22. The molecule has 3 nitrogen and oxygen atoms in total. The van der Waals surface area contributed by atoms with Crippen LogP contribution in [-0.4, -0.2) is 31.1 Å². The van der Waals surface area contributed by atoms with E-state index in [1.807, 2.05) is 12.1 Å². The largest absolute Gasteiger partial charge is 0.492 e. The summed E-state index contributed by atoms with van der Waals surface area (Å²) >= 11 is 0. The van der Waals surface area contributed by atoms with Gasteiger partial charge in [0.1, 0.15) is 12.4 Å². The fourth-order valence-corrected chi connectivity index (χ4v) is 2.05. The Kier molecular flexibility index (Phi) is 3.80. The van der Waals surface area contributed by atoms with Gasteiger partial charge in [0.2, 0.25) is 0 Å². The van der Waals surface area contributed by atoms with Crippen LogP contribution in [0.15, 0.2) is 24.3 Å². The number of benzene rings is 1. The normalized spacial score (nSPS) is 18.4. The first-order valence-corrected chi connectivity index (χ1v) is 5.92. The fraction of sp³-hybridized carbons (Fsp3) is 0.538. The third-order valence-corrected chi connectivity index (χ3v) is 3.00. The zero-order chi connectivity index (χ0) is 11.4. The van der Waals surface area contributed by atoms with Gasteiger partial charge >= 0.3 is 0 Å². The van der Waals surface area contributed by atoms with E-state index >= 15 is 0 Å². The Hall–Kier alpha value is -1.06. The lowest BCUT2D eigenvalue weighted by Crippen LogP contribution is -2.32. The molecule has 0 amide bonds. The maximum atomic E-state index is 5.72. The van der Waals surface area contributed by atoms with Crippen molar-refractivity contribution in [3.8, 4) is 5.75 Å². The molecule has 1 unspecified atom stereocenters. The molecule has 2 rings (SSSR count). The molecule has 1 aliphatic heterocycles. The van der Waals surface area contributed by atoms with E-state index in [9.17, 15) is 0 Å². The molecule has 16 heavy (non-hydrogen) atoms. The smallest absolute Gasteiger partial charge is 0.123 e. The van der Waals surface area contributed by atoms with E-state index in [2.05, 4.69) is 24.0 Å². The lowest BCUT2D eigenvalue weighted by molar-refractivity contribution is 0.204. The van der Waals surface area contributed by atoms with Crippen LogP contribution in [0.4, 0.5) is 0 Å². The van der Waals surface area contributed by atoms with Crippen LogP contribution in [0.2, 0.25) is 0 Å². The van der Waals surface area contributed by atoms with Crippen LogP contribution < -0.4 is 10.5 Å². The van der Waals surface area contributed by atoms with E-state index in [1.54, 1.807) is 0 Å². The van der Waals surface area contributed by atoms with Crippen LogP contribution >= 0.6 is 0 Å². The molecule has 0 aliphatic carbocycles. The second-order valence-electron chi connectivity index (χ2n) is 4.53. The molecule has 1 aliphatic rings. The van der Waals surface area contributed by atoms with Crippen LogP contribution in [-0.2, 0) is 6.54 Å². The summed E-state index contributed by atoms with van der Waals surface area (Å²) < 4.78 is 5.72. The SMILES string of the molecule is CC(CN)CN1CCOc2ccccc2C1.